The molecule has 0 saturated carbocycles. The third-order valence-electron chi connectivity index (χ3n) is 4.03. The van der Waals surface area contributed by atoms with Crippen molar-refractivity contribution in [2.45, 2.75) is 32.6 Å². The Labute approximate surface area is 125 Å². The van der Waals surface area contributed by atoms with Crippen molar-refractivity contribution in [1.82, 2.24) is 15.1 Å². The Balaban J connectivity index is 1.89. The van der Waals surface area contributed by atoms with E-state index in [1.807, 2.05) is 0 Å². The minimum atomic E-state index is 0.844. The van der Waals surface area contributed by atoms with Gasteiger partial charge in [0.2, 0.25) is 0 Å². The third kappa shape index (κ3) is 8.90. The summed E-state index contributed by atoms with van der Waals surface area (Å²) in [4.78, 5) is 4.93. The normalized spacial score (nSPS) is 18.0. The summed E-state index contributed by atoms with van der Waals surface area (Å²) >= 11 is 0. The van der Waals surface area contributed by atoms with Gasteiger partial charge in [0.25, 0.3) is 0 Å². The molecule has 20 heavy (non-hydrogen) atoms. The first-order valence-corrected chi connectivity index (χ1v) is 8.38. The van der Waals surface area contributed by atoms with E-state index in [0.29, 0.717) is 0 Å². The minimum absolute atomic E-state index is 0.844. The molecule has 0 amide bonds. The second kappa shape index (κ2) is 11.5. The molecule has 4 heteroatoms. The van der Waals surface area contributed by atoms with Crippen molar-refractivity contribution in [2.24, 2.45) is 5.92 Å². The Morgan fingerprint density at radius 1 is 1.15 bits per heavy atom. The van der Waals surface area contributed by atoms with Crippen LogP contribution in [0.15, 0.2) is 0 Å². The molecule has 1 aliphatic rings. The fourth-order valence-electron chi connectivity index (χ4n) is 2.87. The molecule has 1 aliphatic heterocycles. The lowest BCUT2D eigenvalue weighted by Gasteiger charge is -2.33. The quantitative estimate of drug-likeness (QED) is 0.584. The van der Waals surface area contributed by atoms with Gasteiger partial charge in [-0.1, -0.05) is 0 Å². The summed E-state index contributed by atoms with van der Waals surface area (Å²) in [5, 5.41) is 3.55. The van der Waals surface area contributed by atoms with E-state index in [0.717, 1.165) is 32.2 Å². The highest BCUT2D eigenvalue weighted by molar-refractivity contribution is 4.74. The molecule has 0 spiro atoms. The van der Waals surface area contributed by atoms with Gasteiger partial charge in [0.1, 0.15) is 0 Å². The minimum Gasteiger partial charge on any atom is -0.382 e. The van der Waals surface area contributed by atoms with Crippen LogP contribution in [0.1, 0.15) is 32.6 Å². The smallest absolute Gasteiger partial charge is 0.0466 e. The molecule has 0 aromatic carbocycles. The van der Waals surface area contributed by atoms with Gasteiger partial charge in [-0.3, -0.25) is 0 Å². The Morgan fingerprint density at radius 3 is 2.55 bits per heavy atom. The lowest BCUT2D eigenvalue weighted by Crippen LogP contribution is -2.40. The van der Waals surface area contributed by atoms with Gasteiger partial charge in [-0.05, 0) is 72.3 Å². The molecular formula is C16H35N3O. The lowest BCUT2D eigenvalue weighted by atomic mass is 9.96. The summed E-state index contributed by atoms with van der Waals surface area (Å²) in [5.41, 5.74) is 0. The van der Waals surface area contributed by atoms with Crippen LogP contribution in [0.4, 0.5) is 0 Å². The molecule has 0 radical (unpaired) electrons. The number of likely N-dealkylation sites (tertiary alicyclic amines) is 1. The SMILES string of the molecule is CCOCCCCNCCN1CCC(CN(C)C)CC1. The van der Waals surface area contributed by atoms with E-state index in [9.17, 15) is 0 Å². The van der Waals surface area contributed by atoms with Crippen LogP contribution in [-0.4, -0.2) is 76.4 Å². The van der Waals surface area contributed by atoms with E-state index in [4.69, 9.17) is 4.74 Å². The second-order valence-electron chi connectivity index (χ2n) is 6.20. The summed E-state index contributed by atoms with van der Waals surface area (Å²) < 4.78 is 5.33. The van der Waals surface area contributed by atoms with Gasteiger partial charge in [-0.15, -0.1) is 0 Å². The van der Waals surface area contributed by atoms with Gasteiger partial charge < -0.3 is 19.9 Å². The maximum absolute atomic E-state index is 5.33. The average Bonchev–Trinajstić information content (AvgIpc) is 2.43. The van der Waals surface area contributed by atoms with Crippen molar-refractivity contribution < 1.29 is 4.74 Å². The Kier molecular flexibility index (Phi) is 10.3. The van der Waals surface area contributed by atoms with Crippen LogP contribution in [0, 0.1) is 5.92 Å². The fourth-order valence-corrected chi connectivity index (χ4v) is 2.87. The number of ether oxygens (including phenoxy) is 1. The van der Waals surface area contributed by atoms with Gasteiger partial charge in [0.15, 0.2) is 0 Å². The van der Waals surface area contributed by atoms with Gasteiger partial charge in [-0.2, -0.15) is 0 Å². The lowest BCUT2D eigenvalue weighted by molar-refractivity contribution is 0.143. The largest absolute Gasteiger partial charge is 0.382 e. The average molecular weight is 285 g/mol. The summed E-state index contributed by atoms with van der Waals surface area (Å²) in [6.45, 7) is 11.1. The molecule has 0 bridgehead atoms. The summed E-state index contributed by atoms with van der Waals surface area (Å²) in [5.74, 6) is 0.910. The number of nitrogens with zero attached hydrogens (tertiary/aromatic N) is 2. The molecule has 1 saturated heterocycles. The van der Waals surface area contributed by atoms with Crippen LogP contribution in [0.3, 0.4) is 0 Å². The van der Waals surface area contributed by atoms with Gasteiger partial charge in [0.05, 0.1) is 0 Å². The first-order chi connectivity index (χ1) is 9.72. The van der Waals surface area contributed by atoms with Crippen LogP contribution in [0.5, 0.6) is 0 Å². The molecule has 1 fully saturated rings. The van der Waals surface area contributed by atoms with Crippen LogP contribution in [0.2, 0.25) is 0 Å². The van der Waals surface area contributed by atoms with E-state index >= 15 is 0 Å². The van der Waals surface area contributed by atoms with Crippen molar-refractivity contribution in [3.05, 3.63) is 0 Å². The molecule has 0 unspecified atom stereocenters. The van der Waals surface area contributed by atoms with E-state index in [-0.39, 0.29) is 0 Å². The molecule has 4 nitrogen and oxygen atoms in total. The van der Waals surface area contributed by atoms with Crippen LogP contribution < -0.4 is 5.32 Å². The highest BCUT2D eigenvalue weighted by Gasteiger charge is 2.18. The second-order valence-corrected chi connectivity index (χ2v) is 6.20. The molecule has 1 heterocycles. The molecule has 0 atom stereocenters. The van der Waals surface area contributed by atoms with E-state index in [2.05, 4.69) is 36.1 Å². The summed E-state index contributed by atoms with van der Waals surface area (Å²) in [7, 11) is 4.36. The zero-order valence-electron chi connectivity index (χ0n) is 13.9. The maximum atomic E-state index is 5.33. The molecule has 1 N–H and O–H groups in total. The Morgan fingerprint density at radius 2 is 1.90 bits per heavy atom. The zero-order chi connectivity index (χ0) is 14.6. The number of nitrogens with one attached hydrogen (secondary N) is 1. The number of unbranched alkanes of at least 4 members (excludes halogenated alkanes) is 1. The topological polar surface area (TPSA) is 27.7 Å². The van der Waals surface area contributed by atoms with E-state index in [1.165, 1.54) is 51.9 Å². The Bertz CT molecular complexity index is 216. The first kappa shape index (κ1) is 17.9. The highest BCUT2D eigenvalue weighted by Crippen LogP contribution is 2.17. The predicted octanol–water partition coefficient (Wildman–Crippen LogP) is 1.67. The Hall–Kier alpha value is -0.160. The zero-order valence-corrected chi connectivity index (χ0v) is 13.9. The predicted molar refractivity (Wildman–Crippen MR) is 86.3 cm³/mol. The molecular weight excluding hydrogens is 250 g/mol. The number of hydrogen-bond acceptors (Lipinski definition) is 4. The van der Waals surface area contributed by atoms with Crippen LogP contribution in [0.25, 0.3) is 0 Å². The third-order valence-corrected chi connectivity index (χ3v) is 4.03. The first-order valence-electron chi connectivity index (χ1n) is 8.38. The van der Waals surface area contributed by atoms with Crippen molar-refractivity contribution in [3.63, 3.8) is 0 Å². The van der Waals surface area contributed by atoms with E-state index in [1.54, 1.807) is 0 Å². The van der Waals surface area contributed by atoms with E-state index < -0.39 is 0 Å². The fraction of sp³-hybridized carbons (Fsp3) is 1.00. The number of rotatable bonds is 11. The maximum Gasteiger partial charge on any atom is 0.0466 e. The summed E-state index contributed by atoms with van der Waals surface area (Å²) in [6.07, 6.45) is 5.14. The number of hydrogen-bond donors (Lipinski definition) is 1. The van der Waals surface area contributed by atoms with Crippen molar-refractivity contribution in [1.29, 1.82) is 0 Å². The molecule has 0 aromatic rings. The molecule has 120 valence electrons. The molecule has 0 aromatic heterocycles. The van der Waals surface area contributed by atoms with Crippen molar-refractivity contribution in [3.8, 4) is 0 Å². The van der Waals surface area contributed by atoms with Crippen molar-refractivity contribution >= 4 is 0 Å². The van der Waals surface area contributed by atoms with Gasteiger partial charge in [-0.25, -0.2) is 0 Å². The standard InChI is InChI=1S/C16H35N3O/c1-4-20-14-6-5-9-17-10-13-19-11-7-16(8-12-19)15-18(2)3/h16-17H,4-15H2,1-3H3. The van der Waals surface area contributed by atoms with Crippen molar-refractivity contribution in [2.75, 3.05) is 66.6 Å². The number of piperidine rings is 1. The van der Waals surface area contributed by atoms with Gasteiger partial charge >= 0.3 is 0 Å². The van der Waals surface area contributed by atoms with Gasteiger partial charge in [0, 0.05) is 32.8 Å². The van der Waals surface area contributed by atoms with Crippen LogP contribution in [-0.2, 0) is 4.74 Å². The van der Waals surface area contributed by atoms with Crippen LogP contribution >= 0.6 is 0 Å². The highest BCUT2D eigenvalue weighted by atomic mass is 16.5. The summed E-state index contributed by atoms with van der Waals surface area (Å²) in [6, 6.07) is 0. The molecule has 1 rings (SSSR count). The monoisotopic (exact) mass is 285 g/mol. The molecule has 0 aliphatic carbocycles.